The van der Waals surface area contributed by atoms with Crippen LogP contribution in [0.2, 0.25) is 0 Å². The molecule has 0 aromatic carbocycles. The second kappa shape index (κ2) is 2.87. The van der Waals surface area contributed by atoms with E-state index in [9.17, 15) is 9.59 Å². The summed E-state index contributed by atoms with van der Waals surface area (Å²) in [7, 11) is 0. The Bertz CT molecular complexity index is 298. The van der Waals surface area contributed by atoms with Crippen LogP contribution in [0.4, 0.5) is 0 Å². The van der Waals surface area contributed by atoms with Gasteiger partial charge in [0.25, 0.3) is 0 Å². The van der Waals surface area contributed by atoms with Crippen LogP contribution < -0.4 is 0 Å². The molecule has 56 valence electrons. The fourth-order valence-electron chi connectivity index (χ4n) is 0.600. The normalized spacial score (nSPS) is 9.09. The van der Waals surface area contributed by atoms with Gasteiger partial charge in [-0.2, -0.15) is 0 Å². The molecule has 0 aliphatic heterocycles. The average Bonchev–Trinajstić information content (AvgIpc) is 2.04. The summed E-state index contributed by atoms with van der Waals surface area (Å²) >= 11 is 0. The molecule has 0 unspecified atom stereocenters. The van der Waals surface area contributed by atoms with E-state index < -0.39 is 5.97 Å². The first-order chi connectivity index (χ1) is 5.25. The molecule has 1 rings (SSSR count). The van der Waals surface area contributed by atoms with Gasteiger partial charge in [0.15, 0.2) is 12.0 Å². The summed E-state index contributed by atoms with van der Waals surface area (Å²) < 4.78 is 0. The van der Waals surface area contributed by atoms with Gasteiger partial charge in [-0.15, -0.1) is 0 Å². The van der Waals surface area contributed by atoms with Crippen molar-refractivity contribution in [3.05, 3.63) is 23.8 Å². The molecule has 0 saturated carbocycles. The van der Waals surface area contributed by atoms with Crippen LogP contribution in [-0.4, -0.2) is 27.3 Å². The van der Waals surface area contributed by atoms with Crippen molar-refractivity contribution in [2.75, 3.05) is 0 Å². The first-order valence-electron chi connectivity index (χ1n) is 2.75. The quantitative estimate of drug-likeness (QED) is 0.602. The number of hydrogen-bond acceptors (Lipinski definition) is 4. The second-order valence-corrected chi connectivity index (χ2v) is 1.71. The molecule has 1 aromatic heterocycles. The molecule has 0 bridgehead atoms. The lowest BCUT2D eigenvalue weighted by Crippen LogP contribution is -2.06. The van der Waals surface area contributed by atoms with Crippen LogP contribution in [0.15, 0.2) is 12.4 Å². The number of carbonyl (C=O) groups excluding carboxylic acids is 1. The highest BCUT2D eigenvalue weighted by Gasteiger charge is 2.10. The Labute approximate surface area is 61.7 Å². The number of carboxylic acids is 1. The van der Waals surface area contributed by atoms with E-state index in [2.05, 4.69) is 9.97 Å². The molecule has 0 aliphatic carbocycles. The van der Waals surface area contributed by atoms with Gasteiger partial charge >= 0.3 is 5.97 Å². The van der Waals surface area contributed by atoms with Crippen molar-refractivity contribution in [3.8, 4) is 0 Å². The summed E-state index contributed by atoms with van der Waals surface area (Å²) in [4.78, 5) is 27.4. The van der Waals surface area contributed by atoms with Gasteiger partial charge in [-0.05, 0) is 0 Å². The van der Waals surface area contributed by atoms with Crippen LogP contribution >= 0.6 is 0 Å². The molecule has 0 saturated heterocycles. The smallest absolute Gasteiger partial charge is 0.356 e. The highest BCUT2D eigenvalue weighted by Crippen LogP contribution is 1.96. The van der Waals surface area contributed by atoms with Crippen LogP contribution in [-0.2, 0) is 0 Å². The first-order valence-corrected chi connectivity index (χ1v) is 2.75. The van der Waals surface area contributed by atoms with Crippen LogP contribution in [0.5, 0.6) is 0 Å². The molecular weight excluding hydrogens is 148 g/mol. The standard InChI is InChI=1S/C6H4N2O3/c9-3-4-5(6(10)11)8-2-1-7-4/h1-3H,(H,10,11). The summed E-state index contributed by atoms with van der Waals surface area (Å²) in [6.07, 6.45) is 2.84. The monoisotopic (exact) mass is 152 g/mol. The minimum atomic E-state index is -1.25. The van der Waals surface area contributed by atoms with Gasteiger partial charge in [0.05, 0.1) is 0 Å². The van der Waals surface area contributed by atoms with Gasteiger partial charge in [-0.3, -0.25) is 4.79 Å². The molecule has 1 N–H and O–H groups in total. The van der Waals surface area contributed by atoms with Gasteiger partial charge in [0.1, 0.15) is 5.69 Å². The largest absolute Gasteiger partial charge is 0.476 e. The van der Waals surface area contributed by atoms with Gasteiger partial charge < -0.3 is 5.11 Å². The molecule has 1 heterocycles. The van der Waals surface area contributed by atoms with E-state index >= 15 is 0 Å². The van der Waals surface area contributed by atoms with Gasteiger partial charge in [0.2, 0.25) is 0 Å². The summed E-state index contributed by atoms with van der Waals surface area (Å²) in [5.74, 6) is -1.25. The Balaban J connectivity index is 3.22. The highest BCUT2D eigenvalue weighted by atomic mass is 16.4. The highest BCUT2D eigenvalue weighted by molar-refractivity contribution is 5.93. The third-order valence-corrected chi connectivity index (χ3v) is 1.04. The van der Waals surface area contributed by atoms with Gasteiger partial charge in [-0.1, -0.05) is 0 Å². The number of nitrogens with zero attached hydrogens (tertiary/aromatic N) is 2. The third kappa shape index (κ3) is 1.37. The van der Waals surface area contributed by atoms with E-state index in [-0.39, 0.29) is 11.4 Å². The maximum atomic E-state index is 10.3. The van der Waals surface area contributed by atoms with Crippen LogP contribution in [0.1, 0.15) is 21.0 Å². The molecule has 5 nitrogen and oxygen atoms in total. The SMILES string of the molecule is O=Cc1nccnc1C(=O)O. The maximum Gasteiger partial charge on any atom is 0.356 e. The molecule has 5 heteroatoms. The average molecular weight is 152 g/mol. The Hall–Kier alpha value is -1.78. The van der Waals surface area contributed by atoms with Crippen molar-refractivity contribution in [1.29, 1.82) is 0 Å². The van der Waals surface area contributed by atoms with E-state index in [0.717, 1.165) is 0 Å². The minimum Gasteiger partial charge on any atom is -0.476 e. The molecular formula is C6H4N2O3. The Morgan fingerprint density at radius 3 is 2.55 bits per heavy atom. The lowest BCUT2D eigenvalue weighted by molar-refractivity contribution is 0.0686. The number of aldehydes is 1. The number of aromatic carboxylic acids is 1. The molecule has 11 heavy (non-hydrogen) atoms. The second-order valence-electron chi connectivity index (χ2n) is 1.71. The van der Waals surface area contributed by atoms with Gasteiger partial charge in [-0.25, -0.2) is 14.8 Å². The van der Waals surface area contributed by atoms with Crippen LogP contribution in [0, 0.1) is 0 Å². The molecule has 0 atom stereocenters. The van der Waals surface area contributed by atoms with E-state index in [0.29, 0.717) is 6.29 Å². The molecule has 1 aromatic rings. The number of aromatic nitrogens is 2. The number of rotatable bonds is 2. The number of carboxylic acid groups (broad SMARTS) is 1. The summed E-state index contributed by atoms with van der Waals surface area (Å²) in [5.41, 5.74) is -0.470. The van der Waals surface area contributed by atoms with Crippen LogP contribution in [0.3, 0.4) is 0 Å². The molecule has 0 amide bonds. The third-order valence-electron chi connectivity index (χ3n) is 1.04. The fourth-order valence-corrected chi connectivity index (χ4v) is 0.600. The van der Waals surface area contributed by atoms with E-state index in [1.54, 1.807) is 0 Å². The number of carbonyl (C=O) groups is 2. The zero-order valence-electron chi connectivity index (χ0n) is 5.39. The number of hydrogen-bond donors (Lipinski definition) is 1. The van der Waals surface area contributed by atoms with E-state index in [4.69, 9.17) is 5.11 Å². The van der Waals surface area contributed by atoms with Crippen molar-refractivity contribution in [3.63, 3.8) is 0 Å². The Morgan fingerprint density at radius 1 is 1.45 bits per heavy atom. The molecule has 0 aliphatic rings. The minimum absolute atomic E-state index is 0.153. The lowest BCUT2D eigenvalue weighted by Gasteiger charge is -1.93. The van der Waals surface area contributed by atoms with Crippen molar-refractivity contribution >= 4 is 12.3 Å². The summed E-state index contributed by atoms with van der Waals surface area (Å²) in [6, 6.07) is 0. The van der Waals surface area contributed by atoms with Crippen molar-refractivity contribution in [2.45, 2.75) is 0 Å². The molecule has 0 fully saturated rings. The predicted molar refractivity (Wildman–Crippen MR) is 34.4 cm³/mol. The molecule has 0 spiro atoms. The zero-order valence-corrected chi connectivity index (χ0v) is 5.39. The Kier molecular flexibility index (Phi) is 1.91. The van der Waals surface area contributed by atoms with Crippen molar-refractivity contribution < 1.29 is 14.7 Å². The molecule has 0 radical (unpaired) electrons. The maximum absolute atomic E-state index is 10.3. The Morgan fingerprint density at radius 2 is 2.09 bits per heavy atom. The zero-order chi connectivity index (χ0) is 8.27. The van der Waals surface area contributed by atoms with Gasteiger partial charge in [0, 0.05) is 12.4 Å². The summed E-state index contributed by atoms with van der Waals surface area (Å²) in [6.45, 7) is 0. The predicted octanol–water partition coefficient (Wildman–Crippen LogP) is -0.0127. The van der Waals surface area contributed by atoms with E-state index in [1.165, 1.54) is 12.4 Å². The van der Waals surface area contributed by atoms with Crippen molar-refractivity contribution in [2.24, 2.45) is 0 Å². The van der Waals surface area contributed by atoms with Crippen molar-refractivity contribution in [1.82, 2.24) is 9.97 Å². The topological polar surface area (TPSA) is 80.2 Å². The summed E-state index contributed by atoms with van der Waals surface area (Å²) in [5, 5.41) is 8.44. The van der Waals surface area contributed by atoms with Crippen LogP contribution in [0.25, 0.3) is 0 Å². The first kappa shape index (κ1) is 7.33. The van der Waals surface area contributed by atoms with E-state index in [1.807, 2.05) is 0 Å². The fraction of sp³-hybridized carbons (Fsp3) is 0. The lowest BCUT2D eigenvalue weighted by atomic mass is 10.3.